The Morgan fingerprint density at radius 2 is 2.17 bits per heavy atom. The normalized spacial score (nSPS) is 22.3. The number of fused-ring (bicyclic) bond motifs is 1. The molecule has 23 heavy (non-hydrogen) atoms. The number of hydrogen-bond donors (Lipinski definition) is 1. The molecule has 2 aromatic rings. The fourth-order valence-electron chi connectivity index (χ4n) is 3.18. The molecule has 0 amide bonds. The SMILES string of the molecule is O=S(=O)(c1c(Cl)ccc2scnc12)N(CC1CCCN1)C1CC1. The lowest BCUT2D eigenvalue weighted by atomic mass is 10.2. The molecular weight excluding hydrogens is 354 g/mol. The van der Waals surface area contributed by atoms with Gasteiger partial charge in [-0.1, -0.05) is 11.6 Å². The molecule has 2 aliphatic rings. The predicted octanol–water partition coefficient (Wildman–Crippen LogP) is 2.85. The first kappa shape index (κ1) is 15.8. The van der Waals surface area contributed by atoms with Crippen molar-refractivity contribution in [2.24, 2.45) is 0 Å². The van der Waals surface area contributed by atoms with Gasteiger partial charge in [-0.3, -0.25) is 0 Å². The molecule has 0 bridgehead atoms. The molecule has 2 fully saturated rings. The molecule has 1 aliphatic heterocycles. The van der Waals surface area contributed by atoms with E-state index < -0.39 is 10.0 Å². The van der Waals surface area contributed by atoms with Gasteiger partial charge in [0.15, 0.2) is 0 Å². The first-order chi connectivity index (χ1) is 11.1. The maximum absolute atomic E-state index is 13.3. The zero-order chi connectivity index (χ0) is 16.0. The van der Waals surface area contributed by atoms with Gasteiger partial charge < -0.3 is 5.32 Å². The van der Waals surface area contributed by atoms with Gasteiger partial charge in [0.05, 0.1) is 15.2 Å². The van der Waals surface area contributed by atoms with Crippen molar-refractivity contribution < 1.29 is 8.42 Å². The highest BCUT2D eigenvalue weighted by Gasteiger charge is 2.41. The third-order valence-electron chi connectivity index (χ3n) is 4.49. The van der Waals surface area contributed by atoms with Crippen LogP contribution in [0.1, 0.15) is 25.7 Å². The minimum Gasteiger partial charge on any atom is -0.313 e. The highest BCUT2D eigenvalue weighted by atomic mass is 35.5. The zero-order valence-corrected chi connectivity index (χ0v) is 14.9. The van der Waals surface area contributed by atoms with Crippen LogP contribution in [0, 0.1) is 0 Å². The van der Waals surface area contributed by atoms with E-state index in [1.165, 1.54) is 11.3 Å². The number of benzene rings is 1. The number of aromatic nitrogens is 1. The number of hydrogen-bond acceptors (Lipinski definition) is 5. The van der Waals surface area contributed by atoms with Crippen LogP contribution in [0.4, 0.5) is 0 Å². The van der Waals surface area contributed by atoms with Crippen molar-refractivity contribution >= 4 is 43.2 Å². The summed E-state index contributed by atoms with van der Waals surface area (Å²) in [5, 5.41) is 3.65. The van der Waals surface area contributed by atoms with Crippen LogP contribution >= 0.6 is 22.9 Å². The molecule has 124 valence electrons. The van der Waals surface area contributed by atoms with Gasteiger partial charge in [-0.05, 0) is 44.4 Å². The fraction of sp³-hybridized carbons (Fsp3) is 0.533. The van der Waals surface area contributed by atoms with Crippen molar-refractivity contribution in [3.8, 4) is 0 Å². The number of nitrogens with one attached hydrogen (secondary N) is 1. The Hall–Kier alpha value is -0.730. The molecule has 1 saturated carbocycles. The quantitative estimate of drug-likeness (QED) is 0.877. The second-order valence-corrected chi connectivity index (χ2v) is 9.30. The Morgan fingerprint density at radius 3 is 2.87 bits per heavy atom. The number of sulfonamides is 1. The van der Waals surface area contributed by atoms with E-state index in [2.05, 4.69) is 10.3 Å². The fourth-order valence-corrected chi connectivity index (χ4v) is 6.31. The smallest absolute Gasteiger partial charge is 0.247 e. The van der Waals surface area contributed by atoms with E-state index in [1.54, 1.807) is 15.9 Å². The van der Waals surface area contributed by atoms with Crippen LogP contribution in [0.3, 0.4) is 0 Å². The van der Waals surface area contributed by atoms with Gasteiger partial charge >= 0.3 is 0 Å². The average molecular weight is 372 g/mol. The molecule has 0 radical (unpaired) electrons. The molecule has 0 spiro atoms. The lowest BCUT2D eigenvalue weighted by Gasteiger charge is -2.25. The van der Waals surface area contributed by atoms with Gasteiger partial charge in [0.25, 0.3) is 0 Å². The monoisotopic (exact) mass is 371 g/mol. The lowest BCUT2D eigenvalue weighted by Crippen LogP contribution is -2.42. The van der Waals surface area contributed by atoms with E-state index in [4.69, 9.17) is 11.6 Å². The summed E-state index contributed by atoms with van der Waals surface area (Å²) in [4.78, 5) is 4.42. The summed E-state index contributed by atoms with van der Waals surface area (Å²) in [7, 11) is -3.65. The Balaban J connectivity index is 1.77. The summed E-state index contributed by atoms with van der Waals surface area (Å²) in [6.45, 7) is 1.48. The Bertz CT molecular complexity index is 826. The van der Waals surface area contributed by atoms with Crippen molar-refractivity contribution in [2.75, 3.05) is 13.1 Å². The Kier molecular flexibility index (Phi) is 4.09. The van der Waals surface area contributed by atoms with E-state index in [1.807, 2.05) is 6.07 Å². The van der Waals surface area contributed by atoms with Crippen molar-refractivity contribution in [3.05, 3.63) is 22.7 Å². The second-order valence-electron chi connectivity index (χ2n) is 6.17. The summed E-state index contributed by atoms with van der Waals surface area (Å²) in [6.07, 6.45) is 3.98. The summed E-state index contributed by atoms with van der Waals surface area (Å²) in [5.41, 5.74) is 2.16. The van der Waals surface area contributed by atoms with Crippen molar-refractivity contribution in [2.45, 2.75) is 42.7 Å². The largest absolute Gasteiger partial charge is 0.313 e. The number of halogens is 1. The first-order valence-corrected chi connectivity index (χ1v) is 10.5. The molecule has 1 N–H and O–H groups in total. The van der Waals surface area contributed by atoms with Gasteiger partial charge in [-0.25, -0.2) is 13.4 Å². The molecule has 1 atom stereocenters. The van der Waals surface area contributed by atoms with Crippen molar-refractivity contribution in [3.63, 3.8) is 0 Å². The maximum atomic E-state index is 13.3. The molecule has 1 unspecified atom stereocenters. The Morgan fingerprint density at radius 1 is 1.35 bits per heavy atom. The van der Waals surface area contributed by atoms with Crippen LogP contribution in [0.5, 0.6) is 0 Å². The molecule has 4 rings (SSSR count). The second kappa shape index (κ2) is 5.97. The number of thiazole rings is 1. The molecule has 1 saturated heterocycles. The highest BCUT2D eigenvalue weighted by molar-refractivity contribution is 7.89. The minimum absolute atomic E-state index is 0.104. The Labute approximate surface area is 144 Å². The average Bonchev–Trinajstić information content (AvgIpc) is 3.02. The minimum atomic E-state index is -3.65. The van der Waals surface area contributed by atoms with E-state index in [0.29, 0.717) is 12.1 Å². The molecule has 5 nitrogen and oxygen atoms in total. The van der Waals surface area contributed by atoms with Gasteiger partial charge in [-0.15, -0.1) is 11.3 Å². The summed E-state index contributed by atoms with van der Waals surface area (Å²) in [6, 6.07) is 3.83. The van der Waals surface area contributed by atoms with E-state index in [-0.39, 0.29) is 22.0 Å². The predicted molar refractivity (Wildman–Crippen MR) is 92.6 cm³/mol. The molecule has 1 aromatic carbocycles. The lowest BCUT2D eigenvalue weighted by molar-refractivity contribution is 0.363. The maximum Gasteiger partial charge on any atom is 0.247 e. The highest BCUT2D eigenvalue weighted by Crippen LogP contribution is 2.38. The third kappa shape index (κ3) is 2.89. The van der Waals surface area contributed by atoms with E-state index in [0.717, 1.165) is 36.9 Å². The summed E-state index contributed by atoms with van der Waals surface area (Å²) in [5.74, 6) is 0. The van der Waals surface area contributed by atoms with Crippen molar-refractivity contribution in [1.82, 2.24) is 14.6 Å². The molecular formula is C15H18ClN3O2S2. The van der Waals surface area contributed by atoms with Crippen LogP contribution < -0.4 is 5.32 Å². The third-order valence-corrected chi connectivity index (χ3v) is 7.71. The number of nitrogens with zero attached hydrogens (tertiary/aromatic N) is 2. The van der Waals surface area contributed by atoms with Crippen molar-refractivity contribution in [1.29, 1.82) is 0 Å². The summed E-state index contributed by atoms with van der Waals surface area (Å²) < 4.78 is 29.1. The van der Waals surface area contributed by atoms with Crippen LogP contribution in [-0.2, 0) is 10.0 Å². The molecule has 1 aliphatic carbocycles. The zero-order valence-electron chi connectivity index (χ0n) is 12.5. The first-order valence-electron chi connectivity index (χ1n) is 7.84. The standard InChI is InChI=1S/C15H18ClN3O2S2/c16-12-5-6-13-14(18-9-22-13)15(12)23(20,21)19(11-3-4-11)8-10-2-1-7-17-10/h5-6,9-11,17H,1-4,7-8H2. The summed E-state index contributed by atoms with van der Waals surface area (Å²) >= 11 is 7.70. The molecule has 2 heterocycles. The van der Waals surface area contributed by atoms with Gasteiger partial charge in [0.1, 0.15) is 10.4 Å². The molecule has 1 aromatic heterocycles. The van der Waals surface area contributed by atoms with Gasteiger partial charge in [0, 0.05) is 18.6 Å². The van der Waals surface area contributed by atoms with Crippen LogP contribution in [0.25, 0.3) is 10.2 Å². The van der Waals surface area contributed by atoms with Crippen LogP contribution in [0.15, 0.2) is 22.5 Å². The van der Waals surface area contributed by atoms with Gasteiger partial charge in [-0.2, -0.15) is 4.31 Å². The van der Waals surface area contributed by atoms with Gasteiger partial charge in [0.2, 0.25) is 10.0 Å². The van der Waals surface area contributed by atoms with E-state index >= 15 is 0 Å². The van der Waals surface area contributed by atoms with E-state index in [9.17, 15) is 8.42 Å². The topological polar surface area (TPSA) is 62.3 Å². The van der Waals surface area contributed by atoms with Crippen LogP contribution in [-0.4, -0.2) is 42.9 Å². The van der Waals surface area contributed by atoms with Crippen LogP contribution in [0.2, 0.25) is 5.02 Å². The molecule has 8 heteroatoms. The number of rotatable bonds is 5.